The van der Waals surface area contributed by atoms with E-state index in [1.807, 2.05) is 0 Å². The van der Waals surface area contributed by atoms with Crippen LogP contribution in [0.3, 0.4) is 0 Å². The fraction of sp³-hybridized carbons (Fsp3) is 0.733. The summed E-state index contributed by atoms with van der Waals surface area (Å²) in [5.74, 6) is 2.16. The van der Waals surface area contributed by atoms with Gasteiger partial charge in [0.05, 0.1) is 13.1 Å². The van der Waals surface area contributed by atoms with E-state index in [4.69, 9.17) is 4.42 Å². The molecule has 0 unspecified atom stereocenters. The fourth-order valence-corrected chi connectivity index (χ4v) is 2.09. The molecule has 104 valence electrons. The van der Waals surface area contributed by atoms with Crippen LogP contribution in [-0.2, 0) is 13.1 Å². The van der Waals surface area contributed by atoms with Gasteiger partial charge < -0.3 is 9.73 Å². The van der Waals surface area contributed by atoms with Gasteiger partial charge in [0.2, 0.25) is 0 Å². The lowest BCUT2D eigenvalue weighted by Gasteiger charge is -2.24. The normalized spacial score (nSPS) is 11.7. The first-order valence-corrected chi connectivity index (χ1v) is 7.11. The molecule has 0 radical (unpaired) electrons. The summed E-state index contributed by atoms with van der Waals surface area (Å²) in [6.45, 7) is 14.8. The highest BCUT2D eigenvalue weighted by Crippen LogP contribution is 2.17. The number of nitrogens with zero attached hydrogens (tertiary/aromatic N) is 1. The zero-order valence-corrected chi connectivity index (χ0v) is 12.5. The van der Waals surface area contributed by atoms with Crippen LogP contribution >= 0.6 is 0 Å². The molecule has 1 heterocycles. The largest absolute Gasteiger partial charge is 0.463 e. The molecular formula is C15H28N2O. The second kappa shape index (κ2) is 7.59. The average molecular weight is 252 g/mol. The third-order valence-electron chi connectivity index (χ3n) is 3.21. The lowest BCUT2D eigenvalue weighted by Crippen LogP contribution is -2.30. The predicted octanol–water partition coefficient (Wildman–Crippen LogP) is 3.32. The van der Waals surface area contributed by atoms with Gasteiger partial charge in [-0.25, -0.2) is 0 Å². The molecule has 1 aromatic rings. The van der Waals surface area contributed by atoms with Gasteiger partial charge in [-0.3, -0.25) is 4.90 Å². The van der Waals surface area contributed by atoms with E-state index in [0.717, 1.165) is 37.7 Å². The topological polar surface area (TPSA) is 28.4 Å². The summed E-state index contributed by atoms with van der Waals surface area (Å²) >= 11 is 0. The first-order valence-electron chi connectivity index (χ1n) is 7.11. The summed E-state index contributed by atoms with van der Waals surface area (Å²) in [5.41, 5.74) is 1.26. The van der Waals surface area contributed by atoms with Crippen LogP contribution < -0.4 is 5.32 Å². The van der Waals surface area contributed by atoms with Crippen molar-refractivity contribution in [1.29, 1.82) is 0 Å². The van der Waals surface area contributed by atoms with E-state index >= 15 is 0 Å². The summed E-state index contributed by atoms with van der Waals surface area (Å²) in [7, 11) is 0. The van der Waals surface area contributed by atoms with Crippen molar-refractivity contribution < 1.29 is 4.42 Å². The monoisotopic (exact) mass is 252 g/mol. The molecule has 0 fully saturated rings. The number of hydrogen-bond acceptors (Lipinski definition) is 3. The maximum atomic E-state index is 5.94. The van der Waals surface area contributed by atoms with Crippen LogP contribution in [0, 0.1) is 6.92 Å². The van der Waals surface area contributed by atoms with Gasteiger partial charge in [0.1, 0.15) is 11.5 Å². The van der Waals surface area contributed by atoms with Crippen LogP contribution in [0.4, 0.5) is 0 Å². The van der Waals surface area contributed by atoms with Crippen LogP contribution in [0.5, 0.6) is 0 Å². The van der Waals surface area contributed by atoms with Crippen molar-refractivity contribution in [3.8, 4) is 0 Å². The third-order valence-corrected chi connectivity index (χ3v) is 3.21. The molecule has 3 heteroatoms. The Hall–Kier alpha value is -0.800. The minimum Gasteiger partial charge on any atom is -0.463 e. The van der Waals surface area contributed by atoms with Crippen LogP contribution in [0.1, 0.15) is 51.2 Å². The zero-order chi connectivity index (χ0) is 13.5. The summed E-state index contributed by atoms with van der Waals surface area (Å²) in [5, 5.41) is 3.31. The highest BCUT2D eigenvalue weighted by Gasteiger charge is 2.13. The molecule has 0 atom stereocenters. The summed E-state index contributed by atoms with van der Waals surface area (Å²) < 4.78 is 5.94. The first kappa shape index (κ1) is 15.3. The second-order valence-corrected chi connectivity index (χ2v) is 5.16. The number of hydrogen-bond donors (Lipinski definition) is 1. The molecule has 1 N–H and O–H groups in total. The number of aryl methyl sites for hydroxylation is 1. The van der Waals surface area contributed by atoms with Crippen LogP contribution in [0.2, 0.25) is 0 Å². The molecule has 0 bridgehead atoms. The third kappa shape index (κ3) is 4.46. The van der Waals surface area contributed by atoms with Gasteiger partial charge in [-0.15, -0.1) is 0 Å². The maximum absolute atomic E-state index is 5.94. The van der Waals surface area contributed by atoms with E-state index in [0.29, 0.717) is 6.04 Å². The number of rotatable bonds is 8. The molecule has 0 amide bonds. The first-order chi connectivity index (χ1) is 8.58. The average Bonchev–Trinajstić information content (AvgIpc) is 2.66. The Morgan fingerprint density at radius 2 is 2.06 bits per heavy atom. The molecule has 1 rings (SSSR count). The molecule has 3 nitrogen and oxygen atoms in total. The second-order valence-electron chi connectivity index (χ2n) is 5.16. The Morgan fingerprint density at radius 1 is 1.33 bits per heavy atom. The standard InChI is InChI=1S/C15H28N2O/c1-6-8-17(12(3)4)11-14-9-13(5)15(18-14)10-16-7-2/h9,12,16H,6-8,10-11H2,1-5H3. The molecule has 0 aliphatic heterocycles. The maximum Gasteiger partial charge on any atom is 0.120 e. The van der Waals surface area contributed by atoms with Gasteiger partial charge in [-0.05, 0) is 51.9 Å². The summed E-state index contributed by atoms with van der Waals surface area (Å²) in [4.78, 5) is 2.45. The Balaban J connectivity index is 2.65. The smallest absolute Gasteiger partial charge is 0.120 e. The van der Waals surface area contributed by atoms with Crippen molar-refractivity contribution in [3.63, 3.8) is 0 Å². The predicted molar refractivity (Wildman–Crippen MR) is 76.7 cm³/mol. The highest BCUT2D eigenvalue weighted by atomic mass is 16.3. The van der Waals surface area contributed by atoms with E-state index in [9.17, 15) is 0 Å². The van der Waals surface area contributed by atoms with E-state index in [-0.39, 0.29) is 0 Å². The van der Waals surface area contributed by atoms with Crippen LogP contribution in [0.25, 0.3) is 0 Å². The van der Waals surface area contributed by atoms with E-state index in [2.05, 4.69) is 50.9 Å². The molecule has 18 heavy (non-hydrogen) atoms. The van der Waals surface area contributed by atoms with E-state index < -0.39 is 0 Å². The van der Waals surface area contributed by atoms with Gasteiger partial charge in [-0.2, -0.15) is 0 Å². The van der Waals surface area contributed by atoms with E-state index in [1.54, 1.807) is 0 Å². The van der Waals surface area contributed by atoms with Crippen molar-refractivity contribution in [2.45, 2.75) is 60.2 Å². The van der Waals surface area contributed by atoms with Crippen LogP contribution in [-0.4, -0.2) is 24.0 Å². The summed E-state index contributed by atoms with van der Waals surface area (Å²) in [6, 6.07) is 2.74. The van der Waals surface area contributed by atoms with Gasteiger partial charge in [0, 0.05) is 6.04 Å². The lowest BCUT2D eigenvalue weighted by molar-refractivity contribution is 0.195. The van der Waals surface area contributed by atoms with Crippen molar-refractivity contribution in [2.24, 2.45) is 0 Å². The Bertz CT molecular complexity index is 344. The highest BCUT2D eigenvalue weighted by molar-refractivity contribution is 5.20. The van der Waals surface area contributed by atoms with Crippen molar-refractivity contribution >= 4 is 0 Å². The molecule has 0 saturated carbocycles. The quantitative estimate of drug-likeness (QED) is 0.769. The van der Waals surface area contributed by atoms with Crippen molar-refractivity contribution in [2.75, 3.05) is 13.1 Å². The Labute approximate surface area is 112 Å². The van der Waals surface area contributed by atoms with Gasteiger partial charge in [0.15, 0.2) is 0 Å². The Kier molecular flexibility index (Phi) is 6.44. The number of furan rings is 1. The van der Waals surface area contributed by atoms with Gasteiger partial charge in [-0.1, -0.05) is 13.8 Å². The van der Waals surface area contributed by atoms with Gasteiger partial charge >= 0.3 is 0 Å². The molecule has 1 aromatic heterocycles. The molecule has 0 aromatic carbocycles. The molecular weight excluding hydrogens is 224 g/mol. The van der Waals surface area contributed by atoms with Gasteiger partial charge in [0.25, 0.3) is 0 Å². The minimum absolute atomic E-state index is 0.563. The van der Waals surface area contributed by atoms with Crippen molar-refractivity contribution in [1.82, 2.24) is 10.2 Å². The SMILES string of the molecule is CCCN(Cc1cc(C)c(CNCC)o1)C(C)C. The minimum atomic E-state index is 0.563. The molecule has 0 aliphatic rings. The van der Waals surface area contributed by atoms with E-state index in [1.165, 1.54) is 12.0 Å². The lowest BCUT2D eigenvalue weighted by atomic mass is 10.2. The molecule has 0 aliphatic carbocycles. The van der Waals surface area contributed by atoms with Crippen molar-refractivity contribution in [3.05, 3.63) is 23.2 Å². The fourth-order valence-electron chi connectivity index (χ4n) is 2.09. The number of nitrogens with one attached hydrogen (secondary N) is 1. The van der Waals surface area contributed by atoms with Crippen LogP contribution in [0.15, 0.2) is 10.5 Å². The Morgan fingerprint density at radius 3 is 2.61 bits per heavy atom. The zero-order valence-electron chi connectivity index (χ0n) is 12.5. The molecule has 0 spiro atoms. The molecule has 0 saturated heterocycles. The summed E-state index contributed by atoms with van der Waals surface area (Å²) in [6.07, 6.45) is 1.18.